The van der Waals surface area contributed by atoms with E-state index < -0.39 is 0 Å². The van der Waals surface area contributed by atoms with Gasteiger partial charge in [-0.1, -0.05) is 48.9 Å². The van der Waals surface area contributed by atoms with Gasteiger partial charge in [0.25, 0.3) is 5.91 Å². The van der Waals surface area contributed by atoms with Crippen molar-refractivity contribution in [3.8, 4) is 0 Å². The Morgan fingerprint density at radius 1 is 1.12 bits per heavy atom. The van der Waals surface area contributed by atoms with Crippen LogP contribution in [0, 0.1) is 5.92 Å². The van der Waals surface area contributed by atoms with Gasteiger partial charge in [-0.15, -0.1) is 0 Å². The van der Waals surface area contributed by atoms with E-state index in [1.807, 2.05) is 37.3 Å². The third-order valence-corrected chi connectivity index (χ3v) is 4.02. The van der Waals surface area contributed by atoms with Crippen LogP contribution in [0.3, 0.4) is 0 Å². The van der Waals surface area contributed by atoms with Gasteiger partial charge < -0.3 is 10.2 Å². The second-order valence-corrected chi connectivity index (χ2v) is 6.38. The predicted octanol–water partition coefficient (Wildman–Crippen LogP) is 3.86. The second kappa shape index (κ2) is 7.97. The molecule has 0 radical (unpaired) electrons. The van der Waals surface area contributed by atoms with Crippen LogP contribution in [0.25, 0.3) is 0 Å². The molecule has 2 aromatic rings. The molecule has 1 unspecified atom stereocenters. The standard InChI is InChI=1S/C19H21ClN2O2/c1-13(11-14-7-5-4-6-8-14)18(23)21-15-9-10-16(17(20)12-15)19(24)22(2)3/h4-10,12-13H,11H2,1-3H3,(H,21,23). The maximum absolute atomic E-state index is 12.3. The third-order valence-electron chi connectivity index (χ3n) is 3.71. The molecule has 5 heteroatoms. The van der Waals surface area contributed by atoms with Crippen LogP contribution in [0.15, 0.2) is 48.5 Å². The summed E-state index contributed by atoms with van der Waals surface area (Å²) in [6.45, 7) is 1.88. The normalized spacial score (nSPS) is 11.7. The zero-order valence-electron chi connectivity index (χ0n) is 14.0. The Kier molecular flexibility index (Phi) is 5.99. The van der Waals surface area contributed by atoms with E-state index in [0.717, 1.165) is 5.56 Å². The van der Waals surface area contributed by atoms with Gasteiger partial charge in [0.05, 0.1) is 10.6 Å². The van der Waals surface area contributed by atoms with Crippen molar-refractivity contribution < 1.29 is 9.59 Å². The first-order valence-corrected chi connectivity index (χ1v) is 8.12. The van der Waals surface area contributed by atoms with E-state index in [4.69, 9.17) is 11.6 Å². The van der Waals surface area contributed by atoms with Crippen molar-refractivity contribution in [1.82, 2.24) is 4.90 Å². The molecular formula is C19H21ClN2O2. The van der Waals surface area contributed by atoms with E-state index in [1.165, 1.54) is 4.90 Å². The maximum Gasteiger partial charge on any atom is 0.254 e. The summed E-state index contributed by atoms with van der Waals surface area (Å²) >= 11 is 6.16. The molecular weight excluding hydrogens is 324 g/mol. The van der Waals surface area contributed by atoms with Gasteiger partial charge in [-0.2, -0.15) is 0 Å². The molecule has 2 rings (SSSR count). The van der Waals surface area contributed by atoms with Crippen LogP contribution < -0.4 is 5.32 Å². The number of hydrogen-bond acceptors (Lipinski definition) is 2. The lowest BCUT2D eigenvalue weighted by Crippen LogP contribution is -2.23. The van der Waals surface area contributed by atoms with Crippen molar-refractivity contribution in [2.75, 3.05) is 19.4 Å². The molecule has 0 spiro atoms. The highest BCUT2D eigenvalue weighted by Crippen LogP contribution is 2.22. The van der Waals surface area contributed by atoms with Gasteiger partial charge in [0.2, 0.25) is 5.91 Å². The Bertz CT molecular complexity index is 729. The maximum atomic E-state index is 12.3. The molecule has 0 bridgehead atoms. The van der Waals surface area contributed by atoms with E-state index >= 15 is 0 Å². The minimum atomic E-state index is -0.172. The number of hydrogen-bond donors (Lipinski definition) is 1. The van der Waals surface area contributed by atoms with Crippen molar-refractivity contribution >= 4 is 29.1 Å². The van der Waals surface area contributed by atoms with E-state index in [0.29, 0.717) is 22.7 Å². The Balaban J connectivity index is 2.04. The summed E-state index contributed by atoms with van der Waals surface area (Å²) in [5.41, 5.74) is 2.11. The molecule has 0 aromatic heterocycles. The number of anilines is 1. The van der Waals surface area contributed by atoms with Crippen LogP contribution in [-0.2, 0) is 11.2 Å². The molecule has 0 heterocycles. The number of benzene rings is 2. The Labute approximate surface area is 147 Å². The van der Waals surface area contributed by atoms with E-state index in [-0.39, 0.29) is 17.7 Å². The highest BCUT2D eigenvalue weighted by molar-refractivity contribution is 6.34. The van der Waals surface area contributed by atoms with E-state index in [2.05, 4.69) is 5.32 Å². The van der Waals surface area contributed by atoms with Crippen molar-refractivity contribution in [3.05, 3.63) is 64.7 Å². The molecule has 0 aliphatic heterocycles. The van der Waals surface area contributed by atoms with Gasteiger partial charge in [0, 0.05) is 25.7 Å². The predicted molar refractivity (Wildman–Crippen MR) is 97.4 cm³/mol. The molecule has 1 atom stereocenters. The Morgan fingerprint density at radius 3 is 2.38 bits per heavy atom. The summed E-state index contributed by atoms with van der Waals surface area (Å²) < 4.78 is 0. The number of halogens is 1. The number of nitrogens with zero attached hydrogens (tertiary/aromatic N) is 1. The fourth-order valence-electron chi connectivity index (χ4n) is 2.33. The molecule has 0 aliphatic carbocycles. The van der Waals surface area contributed by atoms with Crippen molar-refractivity contribution in [3.63, 3.8) is 0 Å². The van der Waals surface area contributed by atoms with Gasteiger partial charge in [-0.25, -0.2) is 0 Å². The molecule has 2 aromatic carbocycles. The summed E-state index contributed by atoms with van der Waals surface area (Å²) in [7, 11) is 3.33. The minimum Gasteiger partial charge on any atom is -0.345 e. The zero-order valence-corrected chi connectivity index (χ0v) is 14.8. The largest absolute Gasteiger partial charge is 0.345 e. The number of carbonyl (C=O) groups excluding carboxylic acids is 2. The van der Waals surface area contributed by atoms with Crippen LogP contribution in [-0.4, -0.2) is 30.8 Å². The molecule has 0 saturated heterocycles. The first kappa shape index (κ1) is 18.0. The number of carbonyl (C=O) groups is 2. The lowest BCUT2D eigenvalue weighted by molar-refractivity contribution is -0.119. The SMILES string of the molecule is CC(Cc1ccccc1)C(=O)Nc1ccc(C(=O)N(C)C)c(Cl)c1. The molecule has 126 valence electrons. The van der Waals surface area contributed by atoms with Gasteiger partial charge in [-0.05, 0) is 30.2 Å². The van der Waals surface area contributed by atoms with Crippen molar-refractivity contribution in [1.29, 1.82) is 0 Å². The summed E-state index contributed by atoms with van der Waals surface area (Å²) in [5.74, 6) is -0.425. The summed E-state index contributed by atoms with van der Waals surface area (Å²) in [6.07, 6.45) is 0.664. The smallest absolute Gasteiger partial charge is 0.254 e. The van der Waals surface area contributed by atoms with Crippen LogP contribution >= 0.6 is 11.6 Å². The summed E-state index contributed by atoms with van der Waals surface area (Å²) in [5, 5.41) is 3.17. The second-order valence-electron chi connectivity index (χ2n) is 5.97. The monoisotopic (exact) mass is 344 g/mol. The first-order chi connectivity index (χ1) is 11.4. The molecule has 1 N–H and O–H groups in total. The number of amides is 2. The fraction of sp³-hybridized carbons (Fsp3) is 0.263. The zero-order chi connectivity index (χ0) is 17.7. The molecule has 2 amide bonds. The van der Waals surface area contributed by atoms with Crippen LogP contribution in [0.5, 0.6) is 0 Å². The highest BCUT2D eigenvalue weighted by Gasteiger charge is 2.16. The topological polar surface area (TPSA) is 49.4 Å². The van der Waals surface area contributed by atoms with E-state index in [1.54, 1.807) is 32.3 Å². The van der Waals surface area contributed by atoms with Gasteiger partial charge in [-0.3, -0.25) is 9.59 Å². The van der Waals surface area contributed by atoms with Crippen molar-refractivity contribution in [2.24, 2.45) is 5.92 Å². The van der Waals surface area contributed by atoms with Gasteiger partial charge in [0.1, 0.15) is 0 Å². The summed E-state index contributed by atoms with van der Waals surface area (Å²) in [4.78, 5) is 25.7. The lowest BCUT2D eigenvalue weighted by Gasteiger charge is -2.15. The highest BCUT2D eigenvalue weighted by atomic mass is 35.5. The van der Waals surface area contributed by atoms with Gasteiger partial charge >= 0.3 is 0 Å². The summed E-state index contributed by atoms with van der Waals surface area (Å²) in [6, 6.07) is 14.8. The molecule has 0 fully saturated rings. The fourth-order valence-corrected chi connectivity index (χ4v) is 2.59. The van der Waals surface area contributed by atoms with Crippen LogP contribution in [0.4, 0.5) is 5.69 Å². The molecule has 0 saturated carbocycles. The quantitative estimate of drug-likeness (QED) is 0.895. The lowest BCUT2D eigenvalue weighted by atomic mass is 10.0. The number of nitrogens with one attached hydrogen (secondary N) is 1. The minimum absolute atomic E-state index is 0.0818. The van der Waals surface area contributed by atoms with E-state index in [9.17, 15) is 9.59 Å². The third kappa shape index (κ3) is 4.59. The Morgan fingerprint density at radius 2 is 1.79 bits per heavy atom. The molecule has 24 heavy (non-hydrogen) atoms. The first-order valence-electron chi connectivity index (χ1n) is 7.74. The van der Waals surface area contributed by atoms with Crippen LogP contribution in [0.2, 0.25) is 5.02 Å². The number of rotatable bonds is 5. The van der Waals surface area contributed by atoms with Crippen LogP contribution in [0.1, 0.15) is 22.8 Å². The van der Waals surface area contributed by atoms with Crippen molar-refractivity contribution in [2.45, 2.75) is 13.3 Å². The molecule has 4 nitrogen and oxygen atoms in total. The average molecular weight is 345 g/mol. The molecule has 0 aliphatic rings. The van der Waals surface area contributed by atoms with Gasteiger partial charge in [0.15, 0.2) is 0 Å². The average Bonchev–Trinajstić information content (AvgIpc) is 2.55. The Hall–Kier alpha value is -2.33.